The number of amides is 1. The molecule has 0 saturated carbocycles. The number of benzene rings is 2. The molecule has 114 valence electrons. The topological polar surface area (TPSA) is 32.3 Å². The molecule has 2 aromatic carbocycles. The molecule has 0 heterocycles. The molecule has 1 atom stereocenters. The molecule has 3 nitrogen and oxygen atoms in total. The van der Waals surface area contributed by atoms with Gasteiger partial charge in [-0.25, -0.2) is 4.39 Å². The fourth-order valence-electron chi connectivity index (χ4n) is 2.99. The average Bonchev–Trinajstić information content (AvgIpc) is 2.92. The van der Waals surface area contributed by atoms with Crippen LogP contribution >= 0.6 is 0 Å². The van der Waals surface area contributed by atoms with Crippen LogP contribution in [0.2, 0.25) is 0 Å². The molecule has 0 aliphatic heterocycles. The molecule has 2 aromatic rings. The third-order valence-electron chi connectivity index (χ3n) is 4.13. The molecule has 1 unspecified atom stereocenters. The van der Waals surface area contributed by atoms with Gasteiger partial charge < -0.3 is 10.2 Å². The lowest BCUT2D eigenvalue weighted by molar-refractivity contribution is -0.120. The average molecular weight is 298 g/mol. The maximum atomic E-state index is 13.7. The number of hydrogen-bond acceptors (Lipinski definition) is 2. The zero-order chi connectivity index (χ0) is 15.5. The van der Waals surface area contributed by atoms with Crippen LogP contribution in [-0.4, -0.2) is 19.5 Å². The lowest BCUT2D eigenvalue weighted by Gasteiger charge is -2.21. The molecule has 0 radical (unpaired) electrons. The first kappa shape index (κ1) is 14.6. The predicted octanol–water partition coefficient (Wildman–Crippen LogP) is 3.07. The number of nitrogens with one attached hydrogen (secondary N) is 1. The van der Waals surface area contributed by atoms with Gasteiger partial charge in [-0.3, -0.25) is 4.79 Å². The van der Waals surface area contributed by atoms with Gasteiger partial charge in [-0.15, -0.1) is 0 Å². The van der Waals surface area contributed by atoms with E-state index in [4.69, 9.17) is 0 Å². The van der Waals surface area contributed by atoms with Gasteiger partial charge in [-0.2, -0.15) is 0 Å². The molecule has 4 heteroatoms. The number of halogens is 1. The summed E-state index contributed by atoms with van der Waals surface area (Å²) < 4.78 is 13.7. The molecule has 0 saturated heterocycles. The van der Waals surface area contributed by atoms with E-state index >= 15 is 0 Å². The highest BCUT2D eigenvalue weighted by Gasteiger charge is 2.26. The summed E-state index contributed by atoms with van der Waals surface area (Å²) in [6, 6.07) is 14.8. The number of carbonyl (C=O) groups is 1. The lowest BCUT2D eigenvalue weighted by Crippen LogP contribution is -2.36. The van der Waals surface area contributed by atoms with Gasteiger partial charge in [-0.1, -0.05) is 30.3 Å². The van der Waals surface area contributed by atoms with Crippen LogP contribution in [0.5, 0.6) is 0 Å². The van der Waals surface area contributed by atoms with Crippen LogP contribution in [-0.2, 0) is 11.2 Å². The Bertz CT molecular complexity index is 672. The Morgan fingerprint density at radius 2 is 2.00 bits per heavy atom. The van der Waals surface area contributed by atoms with E-state index in [1.54, 1.807) is 6.07 Å². The third kappa shape index (κ3) is 2.96. The summed E-state index contributed by atoms with van der Waals surface area (Å²) in [5, 5.41) is 3.02. The normalized spacial score (nSPS) is 16.2. The molecule has 1 N–H and O–H groups in total. The highest BCUT2D eigenvalue weighted by molar-refractivity contribution is 5.81. The quantitative estimate of drug-likeness (QED) is 0.941. The van der Waals surface area contributed by atoms with Crippen molar-refractivity contribution in [3.05, 3.63) is 65.5 Å². The molecule has 0 spiro atoms. The zero-order valence-electron chi connectivity index (χ0n) is 12.6. The molecule has 1 aliphatic rings. The van der Waals surface area contributed by atoms with Crippen molar-refractivity contribution in [2.24, 2.45) is 0 Å². The first-order valence-corrected chi connectivity index (χ1v) is 7.48. The van der Waals surface area contributed by atoms with Gasteiger partial charge >= 0.3 is 0 Å². The summed E-state index contributed by atoms with van der Waals surface area (Å²) in [6.07, 6.45) is 1.44. The number of para-hydroxylation sites is 1. The SMILES string of the molecule is CN(CC(=O)NC1CCc2c(F)cccc21)c1ccccc1. The van der Waals surface area contributed by atoms with Crippen LogP contribution < -0.4 is 10.2 Å². The molecule has 0 aromatic heterocycles. The maximum Gasteiger partial charge on any atom is 0.239 e. The number of anilines is 1. The Hall–Kier alpha value is -2.36. The summed E-state index contributed by atoms with van der Waals surface area (Å²) in [7, 11) is 1.89. The number of fused-ring (bicyclic) bond motifs is 1. The molecular weight excluding hydrogens is 279 g/mol. The van der Waals surface area contributed by atoms with Crippen molar-refractivity contribution in [2.75, 3.05) is 18.5 Å². The van der Waals surface area contributed by atoms with Gasteiger partial charge in [0.05, 0.1) is 12.6 Å². The minimum absolute atomic E-state index is 0.0477. The van der Waals surface area contributed by atoms with Crippen LogP contribution in [0, 0.1) is 5.82 Å². The van der Waals surface area contributed by atoms with Crippen LogP contribution in [0.15, 0.2) is 48.5 Å². The Balaban J connectivity index is 1.63. The van der Waals surface area contributed by atoms with Crippen molar-refractivity contribution in [2.45, 2.75) is 18.9 Å². The Kier molecular flexibility index (Phi) is 4.09. The second-order valence-corrected chi connectivity index (χ2v) is 5.66. The largest absolute Gasteiger partial charge is 0.365 e. The van der Waals surface area contributed by atoms with Crippen LogP contribution in [0.1, 0.15) is 23.6 Å². The van der Waals surface area contributed by atoms with Crippen LogP contribution in [0.3, 0.4) is 0 Å². The molecule has 22 heavy (non-hydrogen) atoms. The molecular formula is C18H19FN2O. The van der Waals surface area contributed by atoms with Gasteiger partial charge in [0.1, 0.15) is 5.82 Å². The van der Waals surface area contributed by atoms with E-state index in [9.17, 15) is 9.18 Å². The van der Waals surface area contributed by atoms with E-state index in [1.165, 1.54) is 6.07 Å². The fraction of sp³-hybridized carbons (Fsp3) is 0.278. The van der Waals surface area contributed by atoms with Crippen molar-refractivity contribution in [1.82, 2.24) is 5.32 Å². The van der Waals surface area contributed by atoms with Crippen molar-refractivity contribution in [3.8, 4) is 0 Å². The van der Waals surface area contributed by atoms with Gasteiger partial charge in [0, 0.05) is 12.7 Å². The minimum atomic E-state index is -0.171. The lowest BCUT2D eigenvalue weighted by atomic mass is 10.1. The van der Waals surface area contributed by atoms with Crippen molar-refractivity contribution in [3.63, 3.8) is 0 Å². The van der Waals surface area contributed by atoms with E-state index in [2.05, 4.69) is 5.32 Å². The van der Waals surface area contributed by atoms with Crippen molar-refractivity contribution in [1.29, 1.82) is 0 Å². The van der Waals surface area contributed by atoms with Gasteiger partial charge in [-0.05, 0) is 42.2 Å². The van der Waals surface area contributed by atoms with E-state index in [0.29, 0.717) is 6.42 Å². The van der Waals surface area contributed by atoms with E-state index < -0.39 is 0 Å². The third-order valence-corrected chi connectivity index (χ3v) is 4.13. The monoisotopic (exact) mass is 298 g/mol. The second-order valence-electron chi connectivity index (χ2n) is 5.66. The van der Waals surface area contributed by atoms with E-state index in [-0.39, 0.29) is 24.3 Å². The number of hydrogen-bond donors (Lipinski definition) is 1. The summed E-state index contributed by atoms with van der Waals surface area (Å²) in [5.41, 5.74) is 2.65. The number of carbonyl (C=O) groups excluding carboxylic acids is 1. The molecule has 0 fully saturated rings. The molecule has 1 aliphatic carbocycles. The van der Waals surface area contributed by atoms with Gasteiger partial charge in [0.2, 0.25) is 5.91 Å². The van der Waals surface area contributed by atoms with Gasteiger partial charge in [0.15, 0.2) is 0 Å². The highest BCUT2D eigenvalue weighted by atomic mass is 19.1. The smallest absolute Gasteiger partial charge is 0.239 e. The first-order chi connectivity index (χ1) is 10.6. The molecule has 0 bridgehead atoms. The number of nitrogens with zero attached hydrogens (tertiary/aromatic N) is 1. The van der Waals surface area contributed by atoms with Crippen LogP contribution in [0.4, 0.5) is 10.1 Å². The number of rotatable bonds is 4. The molecule has 3 rings (SSSR count). The first-order valence-electron chi connectivity index (χ1n) is 7.48. The second kappa shape index (κ2) is 6.18. The summed E-state index contributed by atoms with van der Waals surface area (Å²) in [4.78, 5) is 14.1. The summed E-state index contributed by atoms with van der Waals surface area (Å²) in [6.45, 7) is 0.283. The minimum Gasteiger partial charge on any atom is -0.365 e. The Labute approximate surface area is 129 Å². The highest BCUT2D eigenvalue weighted by Crippen LogP contribution is 2.32. The Morgan fingerprint density at radius 1 is 1.23 bits per heavy atom. The summed E-state index contributed by atoms with van der Waals surface area (Å²) in [5.74, 6) is -0.218. The summed E-state index contributed by atoms with van der Waals surface area (Å²) >= 11 is 0. The van der Waals surface area contributed by atoms with E-state index in [0.717, 1.165) is 23.2 Å². The van der Waals surface area contributed by atoms with E-state index in [1.807, 2.05) is 48.3 Å². The molecule has 1 amide bonds. The van der Waals surface area contributed by atoms with Crippen molar-refractivity contribution >= 4 is 11.6 Å². The van der Waals surface area contributed by atoms with Crippen LogP contribution in [0.25, 0.3) is 0 Å². The standard InChI is InChI=1S/C18H19FN2O/c1-21(13-6-3-2-4-7-13)12-18(22)20-17-11-10-14-15(17)8-5-9-16(14)19/h2-9,17H,10-12H2,1H3,(H,20,22). The predicted molar refractivity (Wildman–Crippen MR) is 85.3 cm³/mol. The van der Waals surface area contributed by atoms with Crippen molar-refractivity contribution < 1.29 is 9.18 Å². The Morgan fingerprint density at radius 3 is 2.77 bits per heavy atom. The fourth-order valence-corrected chi connectivity index (χ4v) is 2.99. The zero-order valence-corrected chi connectivity index (χ0v) is 12.6. The number of likely N-dealkylation sites (N-methyl/N-ethyl adjacent to an activating group) is 1. The van der Waals surface area contributed by atoms with Gasteiger partial charge in [0.25, 0.3) is 0 Å². The maximum absolute atomic E-state index is 13.7.